The minimum Gasteiger partial charge on any atom is -0.496 e. The fraction of sp³-hybridized carbons (Fsp3) is 0.400. The number of aryl methyl sites for hydroxylation is 2. The molecule has 25 heavy (non-hydrogen) atoms. The smallest absolute Gasteiger partial charge is 0.241 e. The molecule has 0 spiro atoms. The first-order valence-corrected chi connectivity index (χ1v) is 9.93. The molecule has 1 atom stereocenters. The van der Waals surface area contributed by atoms with E-state index >= 15 is 0 Å². The summed E-state index contributed by atoms with van der Waals surface area (Å²) in [6.45, 7) is 9.71. The van der Waals surface area contributed by atoms with E-state index in [-0.39, 0.29) is 6.04 Å². The van der Waals surface area contributed by atoms with Crippen molar-refractivity contribution in [2.24, 2.45) is 0 Å². The zero-order valence-corrected chi connectivity index (χ0v) is 16.6. The summed E-state index contributed by atoms with van der Waals surface area (Å²) in [5.74, 6) is 0.692. The predicted molar refractivity (Wildman–Crippen MR) is 102 cm³/mol. The Kier molecular flexibility index (Phi) is 5.91. The molecule has 4 nitrogen and oxygen atoms in total. The van der Waals surface area contributed by atoms with E-state index in [9.17, 15) is 8.42 Å². The molecule has 0 fully saturated rings. The molecule has 136 valence electrons. The van der Waals surface area contributed by atoms with E-state index in [2.05, 4.69) is 10.8 Å². The molecule has 0 saturated heterocycles. The van der Waals surface area contributed by atoms with E-state index in [4.69, 9.17) is 4.74 Å². The van der Waals surface area contributed by atoms with Crippen LogP contribution in [-0.4, -0.2) is 15.5 Å². The molecule has 0 amide bonds. The first kappa shape index (κ1) is 19.5. The van der Waals surface area contributed by atoms with Gasteiger partial charge < -0.3 is 4.74 Å². The van der Waals surface area contributed by atoms with Crippen LogP contribution in [0.3, 0.4) is 0 Å². The van der Waals surface area contributed by atoms with E-state index < -0.39 is 10.0 Å². The van der Waals surface area contributed by atoms with E-state index in [0.717, 1.165) is 16.7 Å². The highest BCUT2D eigenvalue weighted by Gasteiger charge is 2.24. The van der Waals surface area contributed by atoms with Crippen molar-refractivity contribution in [3.05, 3.63) is 58.1 Å². The fourth-order valence-corrected chi connectivity index (χ4v) is 4.72. The zero-order valence-electron chi connectivity index (χ0n) is 15.8. The Morgan fingerprint density at radius 2 is 1.72 bits per heavy atom. The Labute approximate surface area is 151 Å². The molecule has 2 aromatic rings. The first-order chi connectivity index (χ1) is 11.7. The largest absolute Gasteiger partial charge is 0.496 e. The number of ether oxygens (including phenoxy) is 1. The standard InChI is InChI=1S/C20H27NO3S/c1-7-18(17-9-8-13(2)12-14(17)3)21-25(22,23)20-11-10-19(24-6)15(4)16(20)5/h8-12,18,21H,7H2,1-6H3/t18-/m0/s1. The van der Waals surface area contributed by atoms with Gasteiger partial charge in [-0.05, 0) is 68.5 Å². The van der Waals surface area contributed by atoms with E-state index in [1.165, 1.54) is 5.56 Å². The number of benzene rings is 2. The minimum absolute atomic E-state index is 0.257. The summed E-state index contributed by atoms with van der Waals surface area (Å²) in [5, 5.41) is 0. The van der Waals surface area contributed by atoms with Crippen molar-refractivity contribution in [1.29, 1.82) is 0 Å². The second kappa shape index (κ2) is 7.58. The van der Waals surface area contributed by atoms with Crippen molar-refractivity contribution < 1.29 is 13.2 Å². The molecule has 0 aliphatic rings. The van der Waals surface area contributed by atoms with Gasteiger partial charge in [-0.3, -0.25) is 0 Å². The van der Waals surface area contributed by atoms with Crippen LogP contribution in [0.25, 0.3) is 0 Å². The maximum Gasteiger partial charge on any atom is 0.241 e. The van der Waals surface area contributed by atoms with Crippen molar-refractivity contribution in [3.8, 4) is 5.75 Å². The Morgan fingerprint density at radius 3 is 2.28 bits per heavy atom. The number of hydrogen-bond acceptors (Lipinski definition) is 3. The molecule has 0 aliphatic carbocycles. The van der Waals surface area contributed by atoms with Crippen molar-refractivity contribution >= 4 is 10.0 Å². The average Bonchev–Trinajstić information content (AvgIpc) is 2.55. The summed E-state index contributed by atoms with van der Waals surface area (Å²) < 4.78 is 34.1. The summed E-state index contributed by atoms with van der Waals surface area (Å²) in [4.78, 5) is 0.300. The highest BCUT2D eigenvalue weighted by atomic mass is 32.2. The maximum absolute atomic E-state index is 13.0. The molecular formula is C20H27NO3S. The Balaban J connectivity index is 2.41. The third kappa shape index (κ3) is 4.05. The van der Waals surface area contributed by atoms with Crippen LogP contribution in [0, 0.1) is 27.7 Å². The number of hydrogen-bond donors (Lipinski definition) is 1. The van der Waals surface area contributed by atoms with Gasteiger partial charge in [0, 0.05) is 6.04 Å². The third-order valence-electron chi connectivity index (χ3n) is 4.70. The van der Waals surface area contributed by atoms with Crippen LogP contribution >= 0.6 is 0 Å². The second-order valence-electron chi connectivity index (χ2n) is 6.46. The second-order valence-corrected chi connectivity index (χ2v) is 8.14. The molecule has 0 bridgehead atoms. The number of rotatable bonds is 6. The summed E-state index contributed by atoms with van der Waals surface area (Å²) in [6.07, 6.45) is 0.678. The SMILES string of the molecule is CC[C@H](NS(=O)(=O)c1ccc(OC)c(C)c1C)c1ccc(C)cc1C. The van der Waals surface area contributed by atoms with Crippen molar-refractivity contribution in [2.75, 3.05) is 7.11 Å². The van der Waals surface area contributed by atoms with Crippen molar-refractivity contribution in [2.45, 2.75) is 52.0 Å². The van der Waals surface area contributed by atoms with Gasteiger partial charge in [-0.25, -0.2) is 13.1 Å². The molecule has 0 saturated carbocycles. The van der Waals surface area contributed by atoms with Gasteiger partial charge in [0.25, 0.3) is 0 Å². The van der Waals surface area contributed by atoms with Crippen LogP contribution in [0.5, 0.6) is 5.75 Å². The Hall–Kier alpha value is -1.85. The zero-order chi connectivity index (χ0) is 18.8. The molecule has 0 unspecified atom stereocenters. The molecule has 5 heteroatoms. The van der Waals surface area contributed by atoms with Gasteiger partial charge >= 0.3 is 0 Å². The quantitative estimate of drug-likeness (QED) is 0.832. The maximum atomic E-state index is 13.0. The molecule has 2 aromatic carbocycles. The van der Waals surface area contributed by atoms with Gasteiger partial charge in [0.15, 0.2) is 0 Å². The Morgan fingerprint density at radius 1 is 1.04 bits per heavy atom. The molecule has 0 heterocycles. The van der Waals surface area contributed by atoms with E-state index in [1.807, 2.05) is 46.8 Å². The summed E-state index contributed by atoms with van der Waals surface area (Å²) >= 11 is 0. The fourth-order valence-electron chi connectivity index (χ4n) is 3.12. The number of sulfonamides is 1. The lowest BCUT2D eigenvalue weighted by atomic mass is 9.98. The number of methoxy groups -OCH3 is 1. The van der Waals surface area contributed by atoms with Crippen LogP contribution in [0.1, 0.15) is 47.2 Å². The lowest BCUT2D eigenvalue weighted by Crippen LogP contribution is -2.29. The van der Waals surface area contributed by atoms with Gasteiger partial charge in [-0.1, -0.05) is 30.7 Å². The summed E-state index contributed by atoms with van der Waals surface area (Å²) in [7, 11) is -2.05. The molecule has 0 aromatic heterocycles. The summed E-state index contributed by atoms with van der Waals surface area (Å²) in [6, 6.07) is 9.16. The lowest BCUT2D eigenvalue weighted by Gasteiger charge is -2.21. The molecule has 1 N–H and O–H groups in total. The van der Waals surface area contributed by atoms with Crippen LogP contribution in [-0.2, 0) is 10.0 Å². The van der Waals surface area contributed by atoms with Crippen LogP contribution in [0.15, 0.2) is 35.2 Å². The highest BCUT2D eigenvalue weighted by molar-refractivity contribution is 7.89. The first-order valence-electron chi connectivity index (χ1n) is 8.45. The van der Waals surface area contributed by atoms with Crippen LogP contribution < -0.4 is 9.46 Å². The van der Waals surface area contributed by atoms with Gasteiger partial charge in [0.05, 0.1) is 12.0 Å². The number of nitrogens with one attached hydrogen (secondary N) is 1. The Bertz CT molecular complexity index is 873. The summed E-state index contributed by atoms with van der Waals surface area (Å²) in [5.41, 5.74) is 4.82. The van der Waals surface area contributed by atoms with Crippen molar-refractivity contribution in [1.82, 2.24) is 4.72 Å². The molecule has 0 radical (unpaired) electrons. The van der Waals surface area contributed by atoms with Gasteiger partial charge in [0.2, 0.25) is 10.0 Å². The third-order valence-corrected chi connectivity index (χ3v) is 6.32. The van der Waals surface area contributed by atoms with Crippen molar-refractivity contribution in [3.63, 3.8) is 0 Å². The monoisotopic (exact) mass is 361 g/mol. The topological polar surface area (TPSA) is 55.4 Å². The normalized spacial score (nSPS) is 12.9. The molecule has 0 aliphatic heterocycles. The van der Waals surface area contributed by atoms with Gasteiger partial charge in [0.1, 0.15) is 5.75 Å². The van der Waals surface area contributed by atoms with Crippen LogP contribution in [0.2, 0.25) is 0 Å². The molecular weight excluding hydrogens is 334 g/mol. The predicted octanol–water partition coefficient (Wildman–Crippen LogP) is 4.36. The minimum atomic E-state index is -3.63. The van der Waals surface area contributed by atoms with Crippen LogP contribution in [0.4, 0.5) is 0 Å². The van der Waals surface area contributed by atoms with E-state index in [1.54, 1.807) is 19.2 Å². The van der Waals surface area contributed by atoms with E-state index in [0.29, 0.717) is 22.6 Å². The van der Waals surface area contributed by atoms with Gasteiger partial charge in [-0.15, -0.1) is 0 Å². The lowest BCUT2D eigenvalue weighted by molar-refractivity contribution is 0.410. The average molecular weight is 362 g/mol. The molecule has 2 rings (SSSR count). The highest BCUT2D eigenvalue weighted by Crippen LogP contribution is 2.29. The van der Waals surface area contributed by atoms with Gasteiger partial charge in [-0.2, -0.15) is 0 Å².